The third-order valence-corrected chi connectivity index (χ3v) is 5.66. The van der Waals surface area contributed by atoms with Gasteiger partial charge in [-0.3, -0.25) is 24.6 Å². The Morgan fingerprint density at radius 1 is 1.22 bits per heavy atom. The van der Waals surface area contributed by atoms with Gasteiger partial charge in [0.05, 0.1) is 19.9 Å². The number of carbonyl (C=O) groups is 3. The number of imide groups is 1. The van der Waals surface area contributed by atoms with Crippen LogP contribution in [-0.4, -0.2) is 48.4 Å². The highest BCUT2D eigenvalue weighted by Crippen LogP contribution is 2.28. The van der Waals surface area contributed by atoms with Crippen molar-refractivity contribution < 1.29 is 23.9 Å². The number of anilines is 1. The van der Waals surface area contributed by atoms with Crippen molar-refractivity contribution in [3.63, 3.8) is 0 Å². The molecule has 32 heavy (non-hydrogen) atoms. The number of hydrogen-bond donors (Lipinski definition) is 1. The van der Waals surface area contributed by atoms with Crippen LogP contribution in [0.25, 0.3) is 0 Å². The highest BCUT2D eigenvalue weighted by Gasteiger charge is 2.34. The van der Waals surface area contributed by atoms with Crippen LogP contribution in [0, 0.1) is 0 Å². The van der Waals surface area contributed by atoms with E-state index in [1.54, 1.807) is 48.7 Å². The maximum Gasteiger partial charge on any atom is 0.261 e. The first-order valence-electron chi connectivity index (χ1n) is 9.73. The number of amides is 3. The molecule has 3 amide bonds. The summed E-state index contributed by atoms with van der Waals surface area (Å²) in [6.07, 6.45) is 5.15. The van der Waals surface area contributed by atoms with E-state index in [1.807, 2.05) is 0 Å². The molecule has 2 aromatic rings. The average Bonchev–Trinajstić information content (AvgIpc) is 3.32. The van der Waals surface area contributed by atoms with Crippen molar-refractivity contribution in [3.05, 3.63) is 70.8 Å². The third kappa shape index (κ3) is 4.78. The first-order valence-corrected chi connectivity index (χ1v) is 10.6. The third-order valence-electron chi connectivity index (χ3n) is 4.85. The van der Waals surface area contributed by atoms with Gasteiger partial charge in [0, 0.05) is 35.1 Å². The lowest BCUT2D eigenvalue weighted by atomic mass is 10.1. The molecule has 3 rings (SSSR count). The fraction of sp³-hybridized carbons (Fsp3) is 0.217. The van der Waals surface area contributed by atoms with Gasteiger partial charge in [-0.1, -0.05) is 18.7 Å². The molecule has 0 bridgehead atoms. The lowest BCUT2D eigenvalue weighted by Crippen LogP contribution is -2.33. The van der Waals surface area contributed by atoms with Gasteiger partial charge < -0.3 is 9.47 Å². The number of nitrogens with one attached hydrogen (secondary N) is 1. The van der Waals surface area contributed by atoms with Crippen LogP contribution in [-0.2, 0) is 16.0 Å². The maximum atomic E-state index is 12.5. The Morgan fingerprint density at radius 2 is 1.97 bits per heavy atom. The summed E-state index contributed by atoms with van der Waals surface area (Å²) < 4.78 is 10.4. The van der Waals surface area contributed by atoms with Crippen LogP contribution >= 0.6 is 11.3 Å². The number of hydrogen-bond acceptors (Lipinski definition) is 7. The zero-order valence-electron chi connectivity index (χ0n) is 18.0. The van der Waals surface area contributed by atoms with Gasteiger partial charge in [-0.05, 0) is 31.2 Å². The number of nitrogens with zero attached hydrogens (tertiary/aromatic N) is 2. The fourth-order valence-electron chi connectivity index (χ4n) is 3.13. The van der Waals surface area contributed by atoms with Gasteiger partial charge >= 0.3 is 0 Å². The van der Waals surface area contributed by atoms with Gasteiger partial charge in [-0.15, -0.1) is 11.3 Å². The molecule has 0 fully saturated rings. The summed E-state index contributed by atoms with van der Waals surface area (Å²) in [5.41, 5.74) is 1.85. The van der Waals surface area contributed by atoms with Gasteiger partial charge in [0.25, 0.3) is 17.7 Å². The summed E-state index contributed by atoms with van der Waals surface area (Å²) in [5, 5.41) is 4.95. The largest absolute Gasteiger partial charge is 0.493 e. The smallest absolute Gasteiger partial charge is 0.261 e. The highest BCUT2D eigenvalue weighted by atomic mass is 32.1. The van der Waals surface area contributed by atoms with Crippen molar-refractivity contribution in [3.8, 4) is 11.5 Å². The van der Waals surface area contributed by atoms with E-state index >= 15 is 0 Å². The normalized spacial score (nSPS) is 13.8. The molecular weight excluding hydrogens is 430 g/mol. The average molecular weight is 454 g/mol. The van der Waals surface area contributed by atoms with Crippen molar-refractivity contribution in [1.82, 2.24) is 9.88 Å². The molecule has 1 aliphatic rings. The monoisotopic (exact) mass is 453 g/mol. The Labute approximate surface area is 189 Å². The second kappa shape index (κ2) is 10.1. The topological polar surface area (TPSA) is 97.8 Å². The summed E-state index contributed by atoms with van der Waals surface area (Å²) in [6.45, 7) is 5.41. The molecule has 1 aromatic heterocycles. The van der Waals surface area contributed by atoms with Crippen LogP contribution in [0.2, 0.25) is 0 Å². The van der Waals surface area contributed by atoms with Crippen LogP contribution in [0.1, 0.15) is 23.0 Å². The fourth-order valence-corrected chi connectivity index (χ4v) is 3.87. The Kier molecular flexibility index (Phi) is 7.21. The van der Waals surface area contributed by atoms with E-state index in [9.17, 15) is 14.4 Å². The lowest BCUT2D eigenvalue weighted by molar-refractivity contribution is -0.137. The molecule has 1 N–H and O–H groups in total. The van der Waals surface area contributed by atoms with E-state index < -0.39 is 0 Å². The number of aromatic nitrogens is 1. The molecule has 0 atom stereocenters. The summed E-state index contributed by atoms with van der Waals surface area (Å²) in [4.78, 5) is 43.1. The Morgan fingerprint density at radius 3 is 2.66 bits per heavy atom. The predicted molar refractivity (Wildman–Crippen MR) is 122 cm³/mol. The first kappa shape index (κ1) is 23.0. The molecule has 0 saturated carbocycles. The highest BCUT2D eigenvalue weighted by molar-refractivity contribution is 7.14. The molecule has 8 nitrogen and oxygen atoms in total. The van der Waals surface area contributed by atoms with Crippen LogP contribution < -0.4 is 14.8 Å². The van der Waals surface area contributed by atoms with E-state index in [0.717, 1.165) is 0 Å². The van der Waals surface area contributed by atoms with E-state index in [1.165, 1.54) is 30.5 Å². The maximum absolute atomic E-state index is 12.5. The van der Waals surface area contributed by atoms with Gasteiger partial charge in [-0.25, -0.2) is 4.98 Å². The minimum Gasteiger partial charge on any atom is -0.493 e. The molecule has 0 aliphatic carbocycles. The van der Waals surface area contributed by atoms with Crippen molar-refractivity contribution in [2.24, 2.45) is 0 Å². The van der Waals surface area contributed by atoms with E-state index in [-0.39, 0.29) is 24.3 Å². The van der Waals surface area contributed by atoms with Gasteiger partial charge in [-0.2, -0.15) is 0 Å². The molecule has 166 valence electrons. The number of ether oxygens (including phenoxy) is 2. The van der Waals surface area contributed by atoms with Crippen LogP contribution in [0.3, 0.4) is 0 Å². The molecule has 9 heteroatoms. The number of thiazole rings is 1. The van der Waals surface area contributed by atoms with Crippen LogP contribution in [0.5, 0.6) is 11.5 Å². The molecular formula is C23H23N3O5S. The first-order chi connectivity index (χ1) is 15.4. The molecule has 0 spiro atoms. The standard InChI is InChI=1S/C23H23N3O5S/c1-5-6-7-17-14(2)21(28)26(22(17)29)11-10-16-13-32-23(24-16)25-20(27)15-8-9-18(30-3)19(12-15)31-4/h5-9,12-13H,1,10-11H2,2-4H3,(H,24,25,27)/b7-6-. The number of carbonyl (C=O) groups excluding carboxylic acids is 3. The van der Waals surface area contributed by atoms with E-state index in [4.69, 9.17) is 9.47 Å². The molecule has 0 radical (unpaired) electrons. The van der Waals surface area contributed by atoms with Crippen molar-refractivity contribution >= 4 is 34.2 Å². The number of methoxy groups -OCH3 is 2. The second-order valence-corrected chi connectivity index (χ2v) is 7.67. The molecule has 2 heterocycles. The van der Waals surface area contributed by atoms with Crippen molar-refractivity contribution in [1.29, 1.82) is 0 Å². The van der Waals surface area contributed by atoms with Gasteiger partial charge in [0.1, 0.15) is 0 Å². The van der Waals surface area contributed by atoms with Crippen molar-refractivity contribution in [2.75, 3.05) is 26.1 Å². The number of allylic oxidation sites excluding steroid dienone is 2. The minimum absolute atomic E-state index is 0.202. The van der Waals surface area contributed by atoms with Gasteiger partial charge in [0.2, 0.25) is 0 Å². The zero-order chi connectivity index (χ0) is 23.3. The minimum atomic E-state index is -0.338. The van der Waals surface area contributed by atoms with E-state index in [0.29, 0.717) is 45.5 Å². The summed E-state index contributed by atoms with van der Waals surface area (Å²) >= 11 is 1.27. The summed E-state index contributed by atoms with van der Waals surface area (Å²) in [5.74, 6) is -0.000421. The SMILES string of the molecule is C=C/C=C\C1=C(C)C(=O)N(CCc2csc(NC(=O)c3ccc(OC)c(OC)c3)n2)C1=O. The van der Waals surface area contributed by atoms with Crippen molar-refractivity contribution in [2.45, 2.75) is 13.3 Å². The zero-order valence-corrected chi connectivity index (χ0v) is 18.8. The second-order valence-electron chi connectivity index (χ2n) is 6.81. The number of benzene rings is 1. The predicted octanol–water partition coefficient (Wildman–Crippen LogP) is 3.38. The Hall–Kier alpha value is -3.72. The van der Waals surface area contributed by atoms with E-state index in [2.05, 4.69) is 16.9 Å². The molecule has 0 saturated heterocycles. The Bertz CT molecular complexity index is 1130. The van der Waals surface area contributed by atoms with Gasteiger partial charge in [0.15, 0.2) is 16.6 Å². The quantitative estimate of drug-likeness (QED) is 0.462. The number of rotatable bonds is 9. The molecule has 0 unspecified atom stereocenters. The summed E-state index contributed by atoms with van der Waals surface area (Å²) in [7, 11) is 3.02. The summed E-state index contributed by atoms with van der Waals surface area (Å²) in [6, 6.07) is 4.87. The molecule has 1 aliphatic heterocycles. The lowest BCUT2D eigenvalue weighted by Gasteiger charge is -2.13. The molecule has 1 aromatic carbocycles. The Balaban J connectivity index is 1.62. The van der Waals surface area contributed by atoms with Crippen LogP contribution in [0.15, 0.2) is 59.5 Å². The van der Waals surface area contributed by atoms with Crippen LogP contribution in [0.4, 0.5) is 5.13 Å².